The lowest BCUT2D eigenvalue weighted by atomic mass is 9.95. The highest BCUT2D eigenvalue weighted by atomic mass is 16.2. The predicted octanol–water partition coefficient (Wildman–Crippen LogP) is 3.89. The summed E-state index contributed by atoms with van der Waals surface area (Å²) in [5.41, 5.74) is 3.07. The van der Waals surface area contributed by atoms with Gasteiger partial charge in [-0.2, -0.15) is 10.2 Å². The van der Waals surface area contributed by atoms with E-state index in [0.29, 0.717) is 23.6 Å². The van der Waals surface area contributed by atoms with Crippen LogP contribution >= 0.6 is 0 Å². The number of nitrogens with zero attached hydrogens (tertiary/aromatic N) is 4. The van der Waals surface area contributed by atoms with Gasteiger partial charge in [0.05, 0.1) is 11.4 Å². The second-order valence-corrected chi connectivity index (χ2v) is 7.20. The van der Waals surface area contributed by atoms with Crippen molar-refractivity contribution in [1.82, 2.24) is 19.6 Å². The van der Waals surface area contributed by atoms with Crippen LogP contribution in [0.1, 0.15) is 23.0 Å². The Morgan fingerprint density at radius 2 is 1.58 bits per heavy atom. The van der Waals surface area contributed by atoms with Gasteiger partial charge in [-0.1, -0.05) is 60.7 Å². The zero-order valence-corrected chi connectivity index (χ0v) is 17.7. The van der Waals surface area contributed by atoms with E-state index < -0.39 is 11.5 Å². The van der Waals surface area contributed by atoms with Crippen molar-refractivity contribution in [2.24, 2.45) is 7.05 Å². The van der Waals surface area contributed by atoms with E-state index in [1.165, 1.54) is 4.68 Å². The smallest absolute Gasteiger partial charge is 0.280 e. The van der Waals surface area contributed by atoms with Gasteiger partial charge in [-0.15, -0.1) is 0 Å². The van der Waals surface area contributed by atoms with Gasteiger partial charge in [-0.25, -0.2) is 4.68 Å². The largest absolute Gasteiger partial charge is 0.307 e. The number of rotatable bonds is 5. The highest BCUT2D eigenvalue weighted by Crippen LogP contribution is 2.32. The summed E-state index contributed by atoms with van der Waals surface area (Å²) in [6.07, 6.45) is 0. The van der Waals surface area contributed by atoms with Crippen molar-refractivity contribution in [1.29, 1.82) is 0 Å². The van der Waals surface area contributed by atoms with Gasteiger partial charge in [0.15, 0.2) is 0 Å². The molecule has 2 heterocycles. The number of hydrogen-bond donors (Lipinski definition) is 1. The number of aromatic nitrogens is 4. The molecular weight excluding hydrogens is 390 g/mol. The topological polar surface area (TPSA) is 81.8 Å². The van der Waals surface area contributed by atoms with Gasteiger partial charge in [0.25, 0.3) is 11.5 Å². The lowest BCUT2D eigenvalue weighted by molar-refractivity contribution is 0.102. The van der Waals surface area contributed by atoms with Crippen molar-refractivity contribution in [3.05, 3.63) is 88.3 Å². The first-order chi connectivity index (χ1) is 15.0. The molecule has 0 spiro atoms. The monoisotopic (exact) mass is 413 g/mol. The van der Waals surface area contributed by atoms with E-state index in [1.807, 2.05) is 74.5 Å². The summed E-state index contributed by atoms with van der Waals surface area (Å²) in [4.78, 5) is 26.8. The maximum Gasteiger partial charge on any atom is 0.280 e. The summed E-state index contributed by atoms with van der Waals surface area (Å²) in [6.45, 7) is 4.02. The number of benzene rings is 2. The summed E-state index contributed by atoms with van der Waals surface area (Å²) in [5.74, 6) is 0.0238. The van der Waals surface area contributed by atoms with Gasteiger partial charge in [0, 0.05) is 30.8 Å². The summed E-state index contributed by atoms with van der Waals surface area (Å²) in [7, 11) is 1.74. The summed E-state index contributed by atoms with van der Waals surface area (Å²) < 4.78 is 2.91. The van der Waals surface area contributed by atoms with E-state index in [1.54, 1.807) is 17.8 Å². The SMILES string of the molecule is CCn1nc(-c2ccccc2)c(-c2ccccc2)c(C(=O)Nc2cc(C)nn2C)c1=O. The third-order valence-electron chi connectivity index (χ3n) is 5.04. The molecule has 0 unspecified atom stereocenters. The minimum Gasteiger partial charge on any atom is -0.307 e. The fourth-order valence-corrected chi connectivity index (χ4v) is 3.59. The van der Waals surface area contributed by atoms with Crippen LogP contribution in [0.5, 0.6) is 0 Å². The molecule has 4 aromatic rings. The number of amides is 1. The predicted molar refractivity (Wildman–Crippen MR) is 121 cm³/mol. The molecule has 0 saturated carbocycles. The van der Waals surface area contributed by atoms with E-state index >= 15 is 0 Å². The van der Waals surface area contributed by atoms with Crippen LogP contribution in [-0.2, 0) is 13.6 Å². The molecule has 0 aliphatic rings. The number of nitrogens with one attached hydrogen (secondary N) is 1. The molecule has 0 saturated heterocycles. The highest BCUT2D eigenvalue weighted by molar-refractivity contribution is 6.10. The molecule has 0 radical (unpaired) electrons. The van der Waals surface area contributed by atoms with Crippen molar-refractivity contribution in [3.63, 3.8) is 0 Å². The molecule has 7 nitrogen and oxygen atoms in total. The summed E-state index contributed by atoms with van der Waals surface area (Å²) in [5, 5.41) is 11.7. The molecule has 156 valence electrons. The minimum absolute atomic E-state index is 0.0563. The van der Waals surface area contributed by atoms with Crippen LogP contribution in [0.15, 0.2) is 71.5 Å². The van der Waals surface area contributed by atoms with E-state index in [4.69, 9.17) is 0 Å². The van der Waals surface area contributed by atoms with Gasteiger partial charge in [0.1, 0.15) is 11.4 Å². The maximum absolute atomic E-state index is 13.4. The molecule has 31 heavy (non-hydrogen) atoms. The Morgan fingerprint density at radius 1 is 0.968 bits per heavy atom. The van der Waals surface area contributed by atoms with E-state index in [-0.39, 0.29) is 5.56 Å². The number of carbonyl (C=O) groups is 1. The van der Waals surface area contributed by atoms with Crippen LogP contribution in [0, 0.1) is 6.92 Å². The fraction of sp³-hybridized carbons (Fsp3) is 0.167. The Kier molecular flexibility index (Phi) is 5.49. The van der Waals surface area contributed by atoms with Gasteiger partial charge < -0.3 is 5.32 Å². The molecule has 1 N–H and O–H groups in total. The number of carbonyl (C=O) groups excluding carboxylic acids is 1. The molecule has 0 aliphatic heterocycles. The lowest BCUT2D eigenvalue weighted by Crippen LogP contribution is -2.32. The molecule has 0 aliphatic carbocycles. The third-order valence-corrected chi connectivity index (χ3v) is 5.04. The first-order valence-electron chi connectivity index (χ1n) is 10.1. The standard InChI is InChI=1S/C24H23N5O2/c1-4-29-24(31)21(23(30)25-19-15-16(2)26-28(19)3)20(17-11-7-5-8-12-17)22(27-29)18-13-9-6-10-14-18/h5-15H,4H2,1-3H3,(H,25,30). The van der Waals surface area contributed by atoms with Crippen molar-refractivity contribution in [2.75, 3.05) is 5.32 Å². The van der Waals surface area contributed by atoms with E-state index in [2.05, 4.69) is 15.5 Å². The number of hydrogen-bond acceptors (Lipinski definition) is 4. The molecule has 0 atom stereocenters. The van der Waals surface area contributed by atoms with Crippen LogP contribution in [0.2, 0.25) is 0 Å². The lowest BCUT2D eigenvalue weighted by Gasteiger charge is -2.16. The second kappa shape index (κ2) is 8.39. The minimum atomic E-state index is -0.492. The van der Waals surface area contributed by atoms with E-state index in [0.717, 1.165) is 16.8 Å². The zero-order valence-electron chi connectivity index (χ0n) is 17.7. The number of anilines is 1. The molecule has 1 amide bonds. The third kappa shape index (κ3) is 3.90. The highest BCUT2D eigenvalue weighted by Gasteiger charge is 2.25. The molecule has 0 bridgehead atoms. The van der Waals surface area contributed by atoms with Crippen molar-refractivity contribution >= 4 is 11.7 Å². The normalized spacial score (nSPS) is 10.8. The Balaban J connectivity index is 1.99. The molecule has 7 heteroatoms. The average Bonchev–Trinajstić information content (AvgIpc) is 3.10. The molecule has 2 aromatic heterocycles. The molecule has 2 aromatic carbocycles. The zero-order chi connectivity index (χ0) is 22.0. The average molecular weight is 413 g/mol. The van der Waals surface area contributed by atoms with Crippen LogP contribution in [-0.4, -0.2) is 25.5 Å². The molecule has 0 fully saturated rings. The van der Waals surface area contributed by atoms with Crippen molar-refractivity contribution in [2.45, 2.75) is 20.4 Å². The second-order valence-electron chi connectivity index (χ2n) is 7.20. The Bertz CT molecular complexity index is 1290. The van der Waals surface area contributed by atoms with Gasteiger partial charge in [-0.05, 0) is 19.4 Å². The van der Waals surface area contributed by atoms with Crippen molar-refractivity contribution in [3.8, 4) is 22.4 Å². The number of aryl methyl sites for hydroxylation is 3. The quantitative estimate of drug-likeness (QED) is 0.538. The Hall–Kier alpha value is -4.00. The van der Waals surface area contributed by atoms with E-state index in [9.17, 15) is 9.59 Å². The Morgan fingerprint density at radius 3 is 2.13 bits per heavy atom. The van der Waals surface area contributed by atoms with Crippen LogP contribution in [0.4, 0.5) is 5.82 Å². The van der Waals surface area contributed by atoms with Crippen LogP contribution in [0.3, 0.4) is 0 Å². The first-order valence-corrected chi connectivity index (χ1v) is 10.1. The summed E-state index contributed by atoms with van der Waals surface area (Å²) >= 11 is 0. The van der Waals surface area contributed by atoms with Crippen molar-refractivity contribution < 1.29 is 4.79 Å². The van der Waals surface area contributed by atoms with Gasteiger partial charge in [-0.3, -0.25) is 14.3 Å². The first kappa shape index (κ1) is 20.3. The summed E-state index contributed by atoms with van der Waals surface area (Å²) in [6, 6.07) is 20.7. The Labute approximate surface area is 180 Å². The van der Waals surface area contributed by atoms with Gasteiger partial charge >= 0.3 is 0 Å². The maximum atomic E-state index is 13.4. The van der Waals surface area contributed by atoms with Crippen LogP contribution < -0.4 is 10.9 Å². The molecule has 4 rings (SSSR count). The molecular formula is C24H23N5O2. The van der Waals surface area contributed by atoms with Crippen LogP contribution in [0.25, 0.3) is 22.4 Å². The van der Waals surface area contributed by atoms with Gasteiger partial charge in [0.2, 0.25) is 0 Å². The fourth-order valence-electron chi connectivity index (χ4n) is 3.59.